The first kappa shape index (κ1) is 14.8. The molecule has 20 heavy (non-hydrogen) atoms. The van der Waals surface area contributed by atoms with Crippen LogP contribution in [-0.4, -0.2) is 33.5 Å². The summed E-state index contributed by atoms with van der Waals surface area (Å²) in [7, 11) is -2.01. The lowest BCUT2D eigenvalue weighted by atomic mass is 10.2. The molecule has 1 fully saturated rings. The Hall–Kier alpha value is -1.60. The number of hydrogen-bond donors (Lipinski definition) is 3. The molecule has 0 aromatic heterocycles. The summed E-state index contributed by atoms with van der Waals surface area (Å²) in [5.41, 5.74) is 0.428. The molecule has 6 nitrogen and oxygen atoms in total. The molecule has 1 aromatic rings. The highest BCUT2D eigenvalue weighted by molar-refractivity contribution is 7.89. The average molecular weight is 297 g/mol. The number of carbonyl (C=O) groups excluding carboxylic acids is 1. The predicted octanol–water partition coefficient (Wildman–Crippen LogP) is 0.674. The van der Waals surface area contributed by atoms with Gasteiger partial charge in [-0.1, -0.05) is 12.1 Å². The fourth-order valence-electron chi connectivity index (χ4n) is 1.82. The smallest absolute Gasteiger partial charge is 0.242 e. The first-order valence-corrected chi connectivity index (χ1v) is 8.02. The minimum atomic E-state index is -3.55. The van der Waals surface area contributed by atoms with Crippen molar-refractivity contribution in [2.24, 2.45) is 0 Å². The number of amides is 1. The molecule has 0 heterocycles. The second kappa shape index (κ2) is 5.80. The number of sulfonamides is 1. The van der Waals surface area contributed by atoms with E-state index in [2.05, 4.69) is 15.4 Å². The van der Waals surface area contributed by atoms with Gasteiger partial charge in [0.15, 0.2) is 0 Å². The SMILES string of the molecule is CNC(=O)C(C)Nc1ccccc1S(=O)(=O)NC1CC1. The van der Waals surface area contributed by atoms with Gasteiger partial charge in [0.2, 0.25) is 15.9 Å². The second-order valence-corrected chi connectivity index (χ2v) is 6.55. The van der Waals surface area contributed by atoms with Crippen LogP contribution in [0, 0.1) is 0 Å². The van der Waals surface area contributed by atoms with Crippen LogP contribution in [-0.2, 0) is 14.8 Å². The van der Waals surface area contributed by atoms with Crippen molar-refractivity contribution >= 4 is 21.6 Å². The molecular weight excluding hydrogens is 278 g/mol. The molecule has 0 aliphatic heterocycles. The molecule has 1 unspecified atom stereocenters. The molecule has 0 saturated heterocycles. The number of hydrogen-bond acceptors (Lipinski definition) is 4. The minimum Gasteiger partial charge on any atom is -0.373 e. The van der Waals surface area contributed by atoms with Crippen molar-refractivity contribution in [2.45, 2.75) is 36.7 Å². The normalized spacial score (nSPS) is 16.5. The van der Waals surface area contributed by atoms with Gasteiger partial charge in [0.1, 0.15) is 10.9 Å². The molecule has 1 aromatic carbocycles. The van der Waals surface area contributed by atoms with Gasteiger partial charge in [-0.25, -0.2) is 13.1 Å². The third-order valence-electron chi connectivity index (χ3n) is 3.09. The van der Waals surface area contributed by atoms with Crippen molar-refractivity contribution in [3.8, 4) is 0 Å². The van der Waals surface area contributed by atoms with Crippen LogP contribution in [0.25, 0.3) is 0 Å². The van der Waals surface area contributed by atoms with Crippen molar-refractivity contribution in [1.82, 2.24) is 10.0 Å². The third kappa shape index (κ3) is 3.49. The van der Waals surface area contributed by atoms with Crippen molar-refractivity contribution in [2.75, 3.05) is 12.4 Å². The lowest BCUT2D eigenvalue weighted by Crippen LogP contribution is -2.36. The van der Waals surface area contributed by atoms with Gasteiger partial charge in [0.05, 0.1) is 5.69 Å². The molecule has 0 radical (unpaired) electrons. The minimum absolute atomic E-state index is 0.0458. The van der Waals surface area contributed by atoms with Crippen LogP contribution in [0.3, 0.4) is 0 Å². The lowest BCUT2D eigenvalue weighted by molar-refractivity contribution is -0.121. The summed E-state index contributed by atoms with van der Waals surface area (Å²) in [5.74, 6) is -0.202. The Morgan fingerprint density at radius 3 is 2.55 bits per heavy atom. The van der Waals surface area contributed by atoms with Crippen LogP contribution in [0.5, 0.6) is 0 Å². The Labute approximate surface area is 119 Å². The standard InChI is InChI=1S/C13H19N3O3S/c1-9(13(17)14-2)15-11-5-3-4-6-12(11)20(18,19)16-10-7-8-10/h3-6,9-10,15-16H,7-8H2,1-2H3,(H,14,17). The number of carbonyl (C=O) groups is 1. The van der Waals surface area contributed by atoms with Gasteiger partial charge < -0.3 is 10.6 Å². The Morgan fingerprint density at radius 1 is 1.30 bits per heavy atom. The largest absolute Gasteiger partial charge is 0.373 e. The molecule has 1 atom stereocenters. The second-order valence-electron chi connectivity index (χ2n) is 4.87. The molecule has 1 saturated carbocycles. The zero-order valence-electron chi connectivity index (χ0n) is 11.5. The number of benzene rings is 1. The van der Waals surface area contributed by atoms with Crippen LogP contribution in [0.4, 0.5) is 5.69 Å². The fourth-order valence-corrected chi connectivity index (χ4v) is 3.30. The highest BCUT2D eigenvalue weighted by atomic mass is 32.2. The van der Waals surface area contributed by atoms with Gasteiger partial charge in [0, 0.05) is 13.1 Å². The summed E-state index contributed by atoms with van der Waals surface area (Å²) in [6.45, 7) is 1.68. The predicted molar refractivity (Wildman–Crippen MR) is 76.9 cm³/mol. The highest BCUT2D eigenvalue weighted by Crippen LogP contribution is 2.26. The molecule has 0 spiro atoms. The molecule has 1 aliphatic rings. The number of nitrogens with one attached hydrogen (secondary N) is 3. The highest BCUT2D eigenvalue weighted by Gasteiger charge is 2.29. The first-order chi connectivity index (χ1) is 9.44. The Kier molecular flexibility index (Phi) is 4.29. The average Bonchev–Trinajstić information content (AvgIpc) is 3.21. The summed E-state index contributed by atoms with van der Waals surface area (Å²) >= 11 is 0. The molecular formula is C13H19N3O3S. The molecule has 110 valence electrons. The molecule has 1 amide bonds. The number of para-hydroxylation sites is 1. The van der Waals surface area contributed by atoms with Gasteiger partial charge >= 0.3 is 0 Å². The summed E-state index contributed by atoms with van der Waals surface area (Å²) in [5, 5.41) is 5.45. The van der Waals surface area contributed by atoms with Gasteiger partial charge in [-0.15, -0.1) is 0 Å². The quantitative estimate of drug-likeness (QED) is 0.720. The van der Waals surface area contributed by atoms with Crippen molar-refractivity contribution in [3.63, 3.8) is 0 Å². The molecule has 7 heteroatoms. The Bertz CT molecular complexity index is 597. The van der Waals surface area contributed by atoms with E-state index >= 15 is 0 Å². The van der Waals surface area contributed by atoms with E-state index in [1.54, 1.807) is 25.1 Å². The maximum absolute atomic E-state index is 12.3. The fraction of sp³-hybridized carbons (Fsp3) is 0.462. The summed E-state index contributed by atoms with van der Waals surface area (Å²) in [6, 6.07) is 6.11. The van der Waals surface area contributed by atoms with E-state index in [-0.39, 0.29) is 16.8 Å². The van der Waals surface area contributed by atoms with E-state index in [1.165, 1.54) is 13.1 Å². The van der Waals surface area contributed by atoms with E-state index < -0.39 is 16.1 Å². The molecule has 2 rings (SSSR count). The zero-order valence-corrected chi connectivity index (χ0v) is 12.3. The van der Waals surface area contributed by atoms with Crippen molar-refractivity contribution in [1.29, 1.82) is 0 Å². The molecule has 1 aliphatic carbocycles. The number of anilines is 1. The van der Waals surface area contributed by atoms with Crippen molar-refractivity contribution < 1.29 is 13.2 Å². The first-order valence-electron chi connectivity index (χ1n) is 6.53. The van der Waals surface area contributed by atoms with E-state index in [0.29, 0.717) is 5.69 Å². The van der Waals surface area contributed by atoms with Crippen molar-refractivity contribution in [3.05, 3.63) is 24.3 Å². The van der Waals surface area contributed by atoms with E-state index in [1.807, 2.05) is 0 Å². The van der Waals surface area contributed by atoms with Crippen LogP contribution < -0.4 is 15.4 Å². The third-order valence-corrected chi connectivity index (χ3v) is 4.67. The molecule has 0 bridgehead atoms. The van der Waals surface area contributed by atoms with Crippen LogP contribution >= 0.6 is 0 Å². The maximum atomic E-state index is 12.3. The van der Waals surface area contributed by atoms with Gasteiger partial charge in [0.25, 0.3) is 0 Å². The Balaban J connectivity index is 2.23. The van der Waals surface area contributed by atoms with Gasteiger partial charge in [-0.3, -0.25) is 4.79 Å². The lowest BCUT2D eigenvalue weighted by Gasteiger charge is -2.17. The van der Waals surface area contributed by atoms with E-state index in [4.69, 9.17) is 0 Å². The van der Waals surface area contributed by atoms with E-state index in [9.17, 15) is 13.2 Å². The summed E-state index contributed by atoms with van der Waals surface area (Å²) in [6.07, 6.45) is 1.76. The molecule has 3 N–H and O–H groups in total. The number of likely N-dealkylation sites (N-methyl/N-ethyl adjacent to an activating group) is 1. The maximum Gasteiger partial charge on any atom is 0.242 e. The van der Waals surface area contributed by atoms with Gasteiger partial charge in [-0.05, 0) is 31.9 Å². The topological polar surface area (TPSA) is 87.3 Å². The van der Waals surface area contributed by atoms with Crippen LogP contribution in [0.1, 0.15) is 19.8 Å². The van der Waals surface area contributed by atoms with Gasteiger partial charge in [-0.2, -0.15) is 0 Å². The zero-order chi connectivity index (χ0) is 14.8. The number of rotatable bonds is 6. The summed E-state index contributed by atoms with van der Waals surface area (Å²) < 4.78 is 27.2. The Morgan fingerprint density at radius 2 is 1.95 bits per heavy atom. The van der Waals surface area contributed by atoms with E-state index in [0.717, 1.165) is 12.8 Å². The summed E-state index contributed by atoms with van der Waals surface area (Å²) in [4.78, 5) is 11.7. The monoisotopic (exact) mass is 297 g/mol. The van der Waals surface area contributed by atoms with Crippen LogP contribution in [0.15, 0.2) is 29.2 Å². The van der Waals surface area contributed by atoms with Crippen LogP contribution in [0.2, 0.25) is 0 Å².